The van der Waals surface area contributed by atoms with Crippen LogP contribution >= 0.6 is 11.3 Å². The van der Waals surface area contributed by atoms with Crippen LogP contribution < -0.4 is 5.32 Å². The third kappa shape index (κ3) is 3.77. The third-order valence-electron chi connectivity index (χ3n) is 3.44. The SMILES string of the molecule is Cc1cccc2sc(NC(=O)/C=C/C(=O)c3ccc(F)c(F)c3)nc12. The second-order valence-electron chi connectivity index (χ2n) is 5.26. The first-order valence-electron chi connectivity index (χ1n) is 7.28. The molecule has 3 aromatic rings. The zero-order valence-corrected chi connectivity index (χ0v) is 13.9. The number of rotatable bonds is 4. The summed E-state index contributed by atoms with van der Waals surface area (Å²) in [6.07, 6.45) is 2.03. The van der Waals surface area contributed by atoms with E-state index >= 15 is 0 Å². The average Bonchev–Trinajstić information content (AvgIpc) is 2.99. The lowest BCUT2D eigenvalue weighted by Crippen LogP contribution is -2.08. The molecule has 0 aliphatic carbocycles. The Morgan fingerprint density at radius 1 is 1.12 bits per heavy atom. The van der Waals surface area contributed by atoms with Gasteiger partial charge in [-0.1, -0.05) is 23.5 Å². The highest BCUT2D eigenvalue weighted by molar-refractivity contribution is 7.22. The summed E-state index contributed by atoms with van der Waals surface area (Å²) in [5.74, 6) is -3.29. The molecule has 1 amide bonds. The van der Waals surface area contributed by atoms with Gasteiger partial charge in [-0.3, -0.25) is 14.9 Å². The van der Waals surface area contributed by atoms with E-state index in [9.17, 15) is 18.4 Å². The van der Waals surface area contributed by atoms with Crippen LogP contribution in [0.3, 0.4) is 0 Å². The summed E-state index contributed by atoms with van der Waals surface area (Å²) in [7, 11) is 0. The smallest absolute Gasteiger partial charge is 0.250 e. The van der Waals surface area contributed by atoms with Gasteiger partial charge in [0.05, 0.1) is 10.2 Å². The molecule has 0 bridgehead atoms. The first-order chi connectivity index (χ1) is 11.9. The lowest BCUT2D eigenvalue weighted by Gasteiger charge is -1.98. The van der Waals surface area contributed by atoms with Crippen molar-refractivity contribution in [2.75, 3.05) is 5.32 Å². The fourth-order valence-corrected chi connectivity index (χ4v) is 3.13. The molecule has 0 spiro atoms. The summed E-state index contributed by atoms with van der Waals surface area (Å²) >= 11 is 1.32. The Labute approximate surface area is 145 Å². The Morgan fingerprint density at radius 3 is 2.64 bits per heavy atom. The number of fused-ring (bicyclic) bond motifs is 1. The number of aromatic nitrogens is 1. The molecule has 0 unspecified atom stereocenters. The molecule has 0 aliphatic heterocycles. The molecule has 25 heavy (non-hydrogen) atoms. The van der Waals surface area contributed by atoms with Gasteiger partial charge >= 0.3 is 0 Å². The summed E-state index contributed by atoms with van der Waals surface area (Å²) in [4.78, 5) is 28.1. The molecule has 7 heteroatoms. The number of halogens is 2. The first-order valence-corrected chi connectivity index (χ1v) is 8.10. The fourth-order valence-electron chi connectivity index (χ4n) is 2.18. The zero-order chi connectivity index (χ0) is 18.0. The van der Waals surface area contributed by atoms with Crippen LogP contribution in [0.5, 0.6) is 0 Å². The lowest BCUT2D eigenvalue weighted by molar-refractivity contribution is -0.111. The molecule has 1 N–H and O–H groups in total. The van der Waals surface area contributed by atoms with Crippen LogP contribution in [0.2, 0.25) is 0 Å². The Morgan fingerprint density at radius 2 is 1.92 bits per heavy atom. The summed E-state index contributed by atoms with van der Waals surface area (Å²) in [5, 5.41) is 3.00. The van der Waals surface area contributed by atoms with Crippen molar-refractivity contribution in [3.63, 3.8) is 0 Å². The van der Waals surface area contributed by atoms with E-state index in [0.29, 0.717) is 5.13 Å². The van der Waals surface area contributed by atoms with Crippen LogP contribution in [0.25, 0.3) is 10.2 Å². The second-order valence-corrected chi connectivity index (χ2v) is 6.29. The van der Waals surface area contributed by atoms with Gasteiger partial charge < -0.3 is 0 Å². The number of carbonyl (C=O) groups is 2. The number of para-hydroxylation sites is 1. The summed E-state index contributed by atoms with van der Waals surface area (Å²) < 4.78 is 26.9. The molecule has 1 heterocycles. The number of hydrogen-bond acceptors (Lipinski definition) is 4. The van der Waals surface area contributed by atoms with E-state index in [2.05, 4.69) is 10.3 Å². The number of nitrogens with one attached hydrogen (secondary N) is 1. The molecule has 126 valence electrons. The van der Waals surface area contributed by atoms with Gasteiger partial charge in [-0.15, -0.1) is 0 Å². The highest BCUT2D eigenvalue weighted by Crippen LogP contribution is 2.27. The van der Waals surface area contributed by atoms with Gasteiger partial charge in [-0.05, 0) is 42.8 Å². The molecule has 3 rings (SSSR count). The topological polar surface area (TPSA) is 59.1 Å². The maximum Gasteiger partial charge on any atom is 0.250 e. The Balaban J connectivity index is 1.70. The summed E-state index contributed by atoms with van der Waals surface area (Å²) in [6, 6.07) is 8.53. The zero-order valence-electron chi connectivity index (χ0n) is 13.0. The Bertz CT molecular complexity index is 1010. The molecule has 0 atom stereocenters. The Hall–Kier alpha value is -2.93. The number of aryl methyl sites for hydroxylation is 1. The summed E-state index contributed by atoms with van der Waals surface area (Å²) in [5.41, 5.74) is 1.77. The normalized spacial score (nSPS) is 11.2. The molecule has 0 saturated carbocycles. The maximum absolute atomic E-state index is 13.1. The molecule has 0 saturated heterocycles. The predicted molar refractivity (Wildman–Crippen MR) is 92.8 cm³/mol. The molecular formula is C18H12F2N2O2S. The maximum atomic E-state index is 13.1. The van der Waals surface area contributed by atoms with Crippen LogP contribution in [0.1, 0.15) is 15.9 Å². The lowest BCUT2D eigenvalue weighted by atomic mass is 10.1. The minimum Gasteiger partial charge on any atom is -0.298 e. The first kappa shape index (κ1) is 16.9. The van der Waals surface area contributed by atoms with Crippen LogP contribution in [-0.2, 0) is 4.79 Å². The second kappa shape index (κ2) is 6.90. The number of hydrogen-bond donors (Lipinski definition) is 1. The minimum atomic E-state index is -1.12. The van der Waals surface area contributed by atoms with E-state index in [1.165, 1.54) is 11.3 Å². The number of anilines is 1. The van der Waals surface area contributed by atoms with Crippen molar-refractivity contribution in [2.45, 2.75) is 6.92 Å². The average molecular weight is 358 g/mol. The van der Waals surface area contributed by atoms with Gasteiger partial charge in [0.1, 0.15) is 0 Å². The van der Waals surface area contributed by atoms with Crippen LogP contribution in [0, 0.1) is 18.6 Å². The van der Waals surface area contributed by atoms with E-state index in [1.54, 1.807) is 0 Å². The van der Waals surface area contributed by atoms with Crippen molar-refractivity contribution in [3.05, 3.63) is 71.3 Å². The van der Waals surface area contributed by atoms with Crippen molar-refractivity contribution in [1.29, 1.82) is 0 Å². The number of allylic oxidation sites excluding steroid dienone is 1. The molecular weight excluding hydrogens is 346 g/mol. The highest BCUT2D eigenvalue weighted by atomic mass is 32.1. The van der Waals surface area contributed by atoms with E-state index in [-0.39, 0.29) is 5.56 Å². The third-order valence-corrected chi connectivity index (χ3v) is 4.38. The predicted octanol–water partition coefficient (Wildman–Crippen LogP) is 4.26. The number of benzene rings is 2. The van der Waals surface area contributed by atoms with Gasteiger partial charge in [0.2, 0.25) is 5.91 Å². The quantitative estimate of drug-likeness (QED) is 0.560. The summed E-state index contributed by atoms with van der Waals surface area (Å²) in [6.45, 7) is 1.92. The number of nitrogens with zero attached hydrogens (tertiary/aromatic N) is 1. The Kier molecular flexibility index (Phi) is 4.67. The monoisotopic (exact) mass is 358 g/mol. The standard InChI is InChI=1S/C18H12F2N2O2S/c1-10-3-2-4-15-17(10)22-18(25-15)21-16(24)8-7-14(23)11-5-6-12(19)13(20)9-11/h2-9H,1H3,(H,21,22,24)/b8-7+. The molecule has 0 fully saturated rings. The van der Waals surface area contributed by atoms with E-state index in [1.807, 2.05) is 25.1 Å². The van der Waals surface area contributed by atoms with Crippen molar-refractivity contribution in [3.8, 4) is 0 Å². The minimum absolute atomic E-state index is 0.0430. The number of amides is 1. The van der Waals surface area contributed by atoms with Gasteiger partial charge in [0.15, 0.2) is 22.5 Å². The largest absolute Gasteiger partial charge is 0.298 e. The molecule has 0 radical (unpaired) electrons. The molecule has 4 nitrogen and oxygen atoms in total. The van der Waals surface area contributed by atoms with Gasteiger partial charge in [-0.2, -0.15) is 0 Å². The molecule has 2 aromatic carbocycles. The fraction of sp³-hybridized carbons (Fsp3) is 0.0556. The highest BCUT2D eigenvalue weighted by Gasteiger charge is 2.10. The van der Waals surface area contributed by atoms with E-state index in [4.69, 9.17) is 0 Å². The van der Waals surface area contributed by atoms with Gasteiger partial charge in [0.25, 0.3) is 0 Å². The molecule has 0 aliphatic rings. The van der Waals surface area contributed by atoms with Gasteiger partial charge in [0, 0.05) is 11.6 Å². The van der Waals surface area contributed by atoms with Crippen LogP contribution in [-0.4, -0.2) is 16.7 Å². The number of ketones is 1. The van der Waals surface area contributed by atoms with E-state index in [0.717, 1.165) is 46.1 Å². The molecule has 1 aromatic heterocycles. The van der Waals surface area contributed by atoms with Crippen molar-refractivity contribution in [2.24, 2.45) is 0 Å². The van der Waals surface area contributed by atoms with E-state index < -0.39 is 23.3 Å². The van der Waals surface area contributed by atoms with Crippen molar-refractivity contribution in [1.82, 2.24) is 4.98 Å². The van der Waals surface area contributed by atoms with Crippen LogP contribution in [0.15, 0.2) is 48.6 Å². The number of carbonyl (C=O) groups excluding carboxylic acids is 2. The van der Waals surface area contributed by atoms with Gasteiger partial charge in [-0.25, -0.2) is 13.8 Å². The van der Waals surface area contributed by atoms with Crippen LogP contribution in [0.4, 0.5) is 13.9 Å². The van der Waals surface area contributed by atoms with Crippen molar-refractivity contribution < 1.29 is 18.4 Å². The van der Waals surface area contributed by atoms with Crippen molar-refractivity contribution >= 4 is 38.4 Å². The number of thiazole rings is 1.